The summed E-state index contributed by atoms with van der Waals surface area (Å²) >= 11 is 0. The summed E-state index contributed by atoms with van der Waals surface area (Å²) in [6.07, 6.45) is 5.28. The standard InChI is InChI=1S/C49H98O19/c1-23-31-33-35-37-48(65-44(13,53-19)59-27-5,66-45(14,54-20)60-28-6)40(9,63-42(11,51-17)57-25-3)39(50)41(10,64-43(12,52-18)58-26-4)49(38-36-34-32-24-2,67-46(15,55-21)61-29-7)68-47(16,56-22)62-30-8/h23-38H2,1-22H3. The van der Waals surface area contributed by atoms with E-state index in [2.05, 4.69) is 13.8 Å². The molecular weight excluding hydrogens is 893 g/mol. The number of unbranched alkanes of at least 4 members (excludes halogenated alkanes) is 6. The highest BCUT2D eigenvalue weighted by Crippen LogP contribution is 2.53. The van der Waals surface area contributed by atoms with Crippen molar-refractivity contribution in [3.8, 4) is 0 Å². The Labute approximate surface area is 410 Å². The second-order valence-corrected chi connectivity index (χ2v) is 17.1. The molecule has 8 unspecified atom stereocenters. The second-order valence-electron chi connectivity index (χ2n) is 17.1. The summed E-state index contributed by atoms with van der Waals surface area (Å²) < 4.78 is 116. The van der Waals surface area contributed by atoms with E-state index in [9.17, 15) is 0 Å². The Morgan fingerprint density at radius 2 is 0.515 bits per heavy atom. The summed E-state index contributed by atoms with van der Waals surface area (Å²) in [7, 11) is 8.34. The molecule has 0 saturated heterocycles. The molecule has 68 heavy (non-hydrogen) atoms. The number of carbonyl (C=O) groups is 1. The van der Waals surface area contributed by atoms with E-state index < -0.39 is 64.4 Å². The predicted molar refractivity (Wildman–Crippen MR) is 254 cm³/mol. The zero-order valence-corrected chi connectivity index (χ0v) is 46.6. The van der Waals surface area contributed by atoms with E-state index in [0.717, 1.165) is 25.7 Å². The van der Waals surface area contributed by atoms with E-state index >= 15 is 4.79 Å². The molecule has 0 rings (SSSR count). The Morgan fingerprint density at radius 1 is 0.309 bits per heavy atom. The minimum Gasteiger partial charge on any atom is -0.331 e. The highest BCUT2D eigenvalue weighted by molar-refractivity contribution is 5.96. The van der Waals surface area contributed by atoms with E-state index in [1.807, 2.05) is 0 Å². The lowest BCUT2D eigenvalue weighted by molar-refractivity contribution is -0.537. The van der Waals surface area contributed by atoms with Gasteiger partial charge in [0.25, 0.3) is 35.8 Å². The molecule has 0 aliphatic rings. The number of methoxy groups -OCH3 is 6. The Balaban J connectivity index is 10.1. The van der Waals surface area contributed by atoms with E-state index in [0.29, 0.717) is 25.7 Å². The molecule has 0 aromatic carbocycles. The van der Waals surface area contributed by atoms with Crippen molar-refractivity contribution in [3.63, 3.8) is 0 Å². The van der Waals surface area contributed by atoms with Gasteiger partial charge in [-0.2, -0.15) is 0 Å². The molecule has 0 heterocycles. The summed E-state index contributed by atoms with van der Waals surface area (Å²) in [5, 5.41) is 0. The van der Waals surface area contributed by atoms with Crippen molar-refractivity contribution in [1.29, 1.82) is 0 Å². The molecule has 19 heteroatoms. The first-order valence-electron chi connectivity index (χ1n) is 24.6. The van der Waals surface area contributed by atoms with Gasteiger partial charge in [-0.25, -0.2) is 0 Å². The van der Waals surface area contributed by atoms with Crippen LogP contribution in [0.4, 0.5) is 0 Å². The minimum atomic E-state index is -2.56. The first kappa shape index (κ1) is 67.0. The third-order valence-corrected chi connectivity index (χ3v) is 11.9. The van der Waals surface area contributed by atoms with Crippen molar-refractivity contribution in [2.75, 3.05) is 82.3 Å². The van der Waals surface area contributed by atoms with Crippen molar-refractivity contribution >= 4 is 5.78 Å². The maximum absolute atomic E-state index is 17.6. The van der Waals surface area contributed by atoms with Gasteiger partial charge in [-0.05, 0) is 68.2 Å². The molecule has 0 spiro atoms. The van der Waals surface area contributed by atoms with Gasteiger partial charge in [0.15, 0.2) is 11.2 Å². The lowest BCUT2D eigenvalue weighted by Crippen LogP contribution is -2.78. The number of Topliss-reactive ketones (excluding diaryl/α,β-unsaturated/α-hetero) is 1. The SMILES string of the molecule is CCCCCCC(OC(C)(OC)OCC)(OC(C)(OC)OCC)C(C)(OC(C)(OC)OCC)C(=O)C(C)(OC(C)(OC)OCC)C(CCCCCC)(OC(C)(OC)OCC)OC(C)(OC)OCC. The van der Waals surface area contributed by atoms with Crippen LogP contribution < -0.4 is 0 Å². The number of hydrogen-bond donors (Lipinski definition) is 0. The van der Waals surface area contributed by atoms with E-state index in [1.165, 1.54) is 70.4 Å². The minimum absolute atomic E-state index is 0.0673. The van der Waals surface area contributed by atoms with Crippen LogP contribution in [0.25, 0.3) is 0 Å². The van der Waals surface area contributed by atoms with Gasteiger partial charge in [-0.3, -0.25) is 23.7 Å². The number of ether oxygens (including phenoxy) is 18. The average molecular weight is 991 g/mol. The fourth-order valence-electron chi connectivity index (χ4n) is 8.02. The fraction of sp³-hybridized carbons (Fsp3) is 0.980. The maximum Gasteiger partial charge on any atom is 0.282 e. The Morgan fingerprint density at radius 3 is 0.691 bits per heavy atom. The van der Waals surface area contributed by atoms with E-state index in [-0.39, 0.29) is 52.5 Å². The van der Waals surface area contributed by atoms with Gasteiger partial charge in [0, 0.05) is 137 Å². The normalized spacial score (nSPS) is 21.4. The monoisotopic (exact) mass is 991 g/mol. The van der Waals surface area contributed by atoms with Gasteiger partial charge in [-0.1, -0.05) is 52.4 Å². The van der Waals surface area contributed by atoms with Crippen molar-refractivity contribution in [2.45, 2.75) is 234 Å². The van der Waals surface area contributed by atoms with Crippen molar-refractivity contribution in [1.82, 2.24) is 0 Å². The first-order chi connectivity index (χ1) is 31.7. The van der Waals surface area contributed by atoms with Crippen molar-refractivity contribution < 1.29 is 90.1 Å². The van der Waals surface area contributed by atoms with Crippen LogP contribution in [0.2, 0.25) is 0 Å². The van der Waals surface area contributed by atoms with Crippen molar-refractivity contribution in [3.05, 3.63) is 0 Å². The number of carbonyl (C=O) groups excluding carboxylic acids is 1. The zero-order chi connectivity index (χ0) is 52.6. The Kier molecular flexibility index (Phi) is 29.8. The van der Waals surface area contributed by atoms with Gasteiger partial charge in [0.2, 0.25) is 17.4 Å². The molecule has 0 bridgehead atoms. The highest BCUT2D eigenvalue weighted by Gasteiger charge is 2.74. The van der Waals surface area contributed by atoms with Crippen LogP contribution in [-0.4, -0.2) is 147 Å². The third-order valence-electron chi connectivity index (χ3n) is 11.9. The quantitative estimate of drug-likeness (QED) is 0.0415. The van der Waals surface area contributed by atoms with E-state index in [4.69, 9.17) is 85.3 Å². The van der Waals surface area contributed by atoms with Gasteiger partial charge in [0.05, 0.1) is 0 Å². The second kappa shape index (κ2) is 30.2. The third kappa shape index (κ3) is 18.2. The lowest BCUT2D eigenvalue weighted by atomic mass is 9.73. The fourth-order valence-corrected chi connectivity index (χ4v) is 8.02. The van der Waals surface area contributed by atoms with E-state index in [1.54, 1.807) is 69.2 Å². The summed E-state index contributed by atoms with van der Waals surface area (Å²) in [5.74, 6) is -17.6. The van der Waals surface area contributed by atoms with Gasteiger partial charge >= 0.3 is 0 Å². The molecule has 0 aliphatic heterocycles. The largest absolute Gasteiger partial charge is 0.331 e. The highest BCUT2D eigenvalue weighted by atomic mass is 17.0. The molecule has 0 aromatic heterocycles. The average Bonchev–Trinajstić information content (AvgIpc) is 3.29. The number of hydrogen-bond acceptors (Lipinski definition) is 19. The smallest absolute Gasteiger partial charge is 0.282 e. The maximum atomic E-state index is 17.6. The number of rotatable bonds is 44. The molecule has 0 saturated carbocycles. The topological polar surface area (TPSA) is 183 Å². The van der Waals surface area contributed by atoms with Gasteiger partial charge < -0.3 is 66.3 Å². The van der Waals surface area contributed by atoms with Crippen molar-refractivity contribution in [2.24, 2.45) is 0 Å². The summed E-state index contributed by atoms with van der Waals surface area (Å²) in [6.45, 7) is 27.4. The predicted octanol–water partition coefficient (Wildman–Crippen LogP) is 9.65. The Hall–Kier alpha value is -1.05. The van der Waals surface area contributed by atoms with Crippen LogP contribution >= 0.6 is 0 Å². The molecule has 0 N–H and O–H groups in total. The van der Waals surface area contributed by atoms with Crippen LogP contribution in [0, 0.1) is 0 Å². The molecule has 0 aliphatic carbocycles. The van der Waals surface area contributed by atoms with Crippen LogP contribution in [0.15, 0.2) is 0 Å². The first-order valence-corrected chi connectivity index (χ1v) is 24.6. The number of ketones is 1. The molecule has 8 atom stereocenters. The van der Waals surface area contributed by atoms with Gasteiger partial charge in [-0.15, -0.1) is 0 Å². The van der Waals surface area contributed by atoms with Crippen LogP contribution in [0.1, 0.15) is 175 Å². The molecule has 0 radical (unpaired) electrons. The lowest BCUT2D eigenvalue weighted by Gasteiger charge is -2.58. The molecule has 408 valence electrons. The molecule has 0 fully saturated rings. The van der Waals surface area contributed by atoms with Crippen LogP contribution in [-0.2, 0) is 90.1 Å². The molecule has 19 nitrogen and oxygen atoms in total. The molecular formula is C49H98O19. The summed E-state index contributed by atoms with van der Waals surface area (Å²) in [4.78, 5) is 17.6. The summed E-state index contributed by atoms with van der Waals surface area (Å²) in [6, 6.07) is 0. The Bertz CT molecular complexity index is 1240. The molecule has 0 aromatic rings. The summed E-state index contributed by atoms with van der Waals surface area (Å²) in [5.41, 5.74) is -5.12. The van der Waals surface area contributed by atoms with Crippen LogP contribution in [0.3, 0.4) is 0 Å². The van der Waals surface area contributed by atoms with Crippen LogP contribution in [0.5, 0.6) is 0 Å². The zero-order valence-electron chi connectivity index (χ0n) is 46.6. The van der Waals surface area contributed by atoms with Gasteiger partial charge in [0.1, 0.15) is 0 Å². The molecule has 0 amide bonds.